The van der Waals surface area contributed by atoms with Crippen molar-refractivity contribution in [2.45, 2.75) is 83.5 Å². The third-order valence-corrected chi connectivity index (χ3v) is 24.2. The third-order valence-electron chi connectivity index (χ3n) is 24.2. The minimum absolute atomic E-state index is 0. The van der Waals surface area contributed by atoms with Crippen LogP contribution >= 0.6 is 0 Å². The van der Waals surface area contributed by atoms with Crippen molar-refractivity contribution in [3.8, 4) is 89.0 Å². The van der Waals surface area contributed by atoms with E-state index in [4.69, 9.17) is 19.7 Å². The van der Waals surface area contributed by atoms with Crippen molar-refractivity contribution in [3.05, 3.63) is 528 Å². The second kappa shape index (κ2) is 51.5. The van der Waals surface area contributed by atoms with Crippen molar-refractivity contribution in [1.29, 1.82) is 0 Å². The molecular formula is C120H90Y8-16. The van der Waals surface area contributed by atoms with Gasteiger partial charge in [-0.25, -0.2) is 35.9 Å². The smallest absolute Gasteiger partial charge is 0 e. The standard InChI is InChI=1S/2C15H12.C15H10.C15H12.C15H10.2C15H12.C15H10.8Y/c1-2-11-7-5-8-13-10-12-6-3-4-9-14(12)15(11)13;2*1-2-11-7-5-9-14-13-8-4-3-6-12(13)10-15(11)14;2*1-2-11-7-8-15-13(9-11)10-12-5-3-4-6-14(12)15;3*1-2-11-7-8-13-10-12-5-3-4-6-14(12)15(13)9-11;;;;;;;;/h2*3-6,8-9H,1-2,10H2;1-6,8-9H,10H2;3-6,8-9H,1-2,10H2;1-8H,10H2;3-6,8-9H,1-2,10H2;3-8H,1-2,10H2;1-6,8-9H,10H2;;;;;;;;/q8*-2;;;;;;;;. The zero-order valence-corrected chi connectivity index (χ0v) is 95.2. The molecule has 0 aromatic heterocycles. The van der Waals surface area contributed by atoms with Gasteiger partial charge in [0.15, 0.2) is 0 Å². The Morgan fingerprint density at radius 1 is 0.242 bits per heavy atom. The Labute approximate surface area is 964 Å². The average molecular weight is 2240 g/mol. The van der Waals surface area contributed by atoms with E-state index in [0.29, 0.717) is 0 Å². The molecule has 16 aromatic carbocycles. The molecule has 0 fully saturated rings. The fourth-order valence-corrected chi connectivity index (χ4v) is 18.1. The third kappa shape index (κ3) is 24.1. The minimum Gasteiger partial charge on any atom is -0.344 e. The molecule has 8 aliphatic carbocycles. The van der Waals surface area contributed by atoms with Crippen LogP contribution in [0.15, 0.2) is 291 Å². The molecule has 128 heavy (non-hydrogen) atoms. The second-order valence-electron chi connectivity index (χ2n) is 31.2. The topological polar surface area (TPSA) is 0 Å². The van der Waals surface area contributed by atoms with E-state index >= 15 is 0 Å². The zero-order chi connectivity index (χ0) is 82.0. The number of fused-ring (bicyclic) bond motifs is 24. The van der Waals surface area contributed by atoms with Gasteiger partial charge >= 0.3 is 0 Å². The molecule has 610 valence electrons. The van der Waals surface area contributed by atoms with Crippen LogP contribution in [0.4, 0.5) is 0 Å². The van der Waals surface area contributed by atoms with Gasteiger partial charge in [-0.3, -0.25) is 0 Å². The molecule has 8 heteroatoms. The summed E-state index contributed by atoms with van der Waals surface area (Å²) < 4.78 is 0. The summed E-state index contributed by atoms with van der Waals surface area (Å²) in [6.45, 7) is 36.3. The van der Waals surface area contributed by atoms with E-state index < -0.39 is 0 Å². The number of hydrogen-bond donors (Lipinski definition) is 0. The molecule has 0 aliphatic heterocycles. The van der Waals surface area contributed by atoms with E-state index in [1.165, 1.54) is 206 Å². The summed E-state index contributed by atoms with van der Waals surface area (Å²) in [5.41, 5.74) is 53.0. The van der Waals surface area contributed by atoms with E-state index in [2.05, 4.69) is 344 Å². The summed E-state index contributed by atoms with van der Waals surface area (Å²) >= 11 is 0. The first-order chi connectivity index (χ1) is 59.1. The van der Waals surface area contributed by atoms with Crippen molar-refractivity contribution in [2.24, 2.45) is 0 Å². The quantitative estimate of drug-likeness (QED) is 0.133. The predicted octanol–water partition coefficient (Wildman–Crippen LogP) is 27.7. The molecule has 8 aliphatic rings. The van der Waals surface area contributed by atoms with Crippen LogP contribution in [0.2, 0.25) is 0 Å². The van der Waals surface area contributed by atoms with Gasteiger partial charge in [-0.2, -0.15) is 151 Å². The molecule has 0 unspecified atom stereocenters. The molecule has 16 aromatic rings. The van der Waals surface area contributed by atoms with Crippen molar-refractivity contribution < 1.29 is 262 Å². The molecule has 0 atom stereocenters. The summed E-state index contributed by atoms with van der Waals surface area (Å²) in [4.78, 5) is 0. The Hall–Kier alpha value is -4.43. The fraction of sp³-hybridized carbons (Fsp3) is 0.108. The van der Waals surface area contributed by atoms with Crippen molar-refractivity contribution >= 4 is 18.2 Å². The maximum atomic E-state index is 5.60. The van der Waals surface area contributed by atoms with Crippen molar-refractivity contribution in [1.82, 2.24) is 0 Å². The van der Waals surface area contributed by atoms with Crippen LogP contribution in [0.5, 0.6) is 0 Å². The van der Waals surface area contributed by atoms with E-state index in [0.717, 1.165) is 100 Å². The first kappa shape index (κ1) is 107. The second-order valence-corrected chi connectivity index (χ2v) is 31.2. The monoisotopic (exact) mass is 2240 g/mol. The van der Waals surface area contributed by atoms with E-state index in [1.807, 2.05) is 30.3 Å². The molecule has 8 radical (unpaired) electrons. The molecule has 0 saturated heterocycles. The summed E-state index contributed by atoms with van der Waals surface area (Å²) in [6, 6.07) is 129. The molecule has 0 amide bonds. The Kier molecular flexibility index (Phi) is 43.1. The van der Waals surface area contributed by atoms with Crippen LogP contribution in [-0.2, 0) is 345 Å². The summed E-state index contributed by atoms with van der Waals surface area (Å²) in [6.07, 6.45) is 17.2. The Morgan fingerprint density at radius 3 is 1.20 bits per heavy atom. The maximum Gasteiger partial charge on any atom is 0 e. The number of hydrogen-bond acceptors (Lipinski definition) is 0. The van der Waals surface area contributed by atoms with Gasteiger partial charge in [0.05, 0.1) is 0 Å². The molecule has 0 bridgehead atoms. The molecule has 0 heterocycles. The maximum absolute atomic E-state index is 5.60. The van der Waals surface area contributed by atoms with Gasteiger partial charge in [0.25, 0.3) is 0 Å². The van der Waals surface area contributed by atoms with Gasteiger partial charge in [0.1, 0.15) is 0 Å². The fourth-order valence-electron chi connectivity index (χ4n) is 18.1. The van der Waals surface area contributed by atoms with Gasteiger partial charge in [0, 0.05) is 262 Å². The molecule has 0 spiro atoms. The van der Waals surface area contributed by atoms with Gasteiger partial charge in [0.2, 0.25) is 0 Å². The van der Waals surface area contributed by atoms with Gasteiger partial charge < -0.3 is 89.3 Å². The van der Waals surface area contributed by atoms with Gasteiger partial charge in [-0.1, -0.05) is 245 Å². The number of rotatable bonds is 8. The zero-order valence-electron chi connectivity index (χ0n) is 72.5. The largest absolute Gasteiger partial charge is 0.344 e. The van der Waals surface area contributed by atoms with E-state index in [1.54, 1.807) is 18.2 Å². The van der Waals surface area contributed by atoms with Crippen LogP contribution in [0.25, 0.3) is 107 Å². The minimum atomic E-state index is 0. The number of benzene rings is 16. The van der Waals surface area contributed by atoms with Crippen LogP contribution in [-0.4, -0.2) is 0 Å². The van der Waals surface area contributed by atoms with Crippen LogP contribution in [0.3, 0.4) is 0 Å². The summed E-state index contributed by atoms with van der Waals surface area (Å²) in [7, 11) is 0. The normalized spacial score (nSPS) is 11.4. The molecule has 24 rings (SSSR count). The van der Waals surface area contributed by atoms with Gasteiger partial charge in [-0.05, 0) is 95.0 Å². The molecule has 0 N–H and O–H groups in total. The predicted molar refractivity (Wildman–Crippen MR) is 500 cm³/mol. The first-order valence-corrected chi connectivity index (χ1v) is 41.7. The van der Waals surface area contributed by atoms with Crippen LogP contribution in [0, 0.1) is 103 Å². The summed E-state index contributed by atoms with van der Waals surface area (Å²) in [5, 5.41) is 0. The molecule has 0 nitrogen and oxygen atoms in total. The average Bonchev–Trinajstić information content (AvgIpc) is 1.62. The van der Waals surface area contributed by atoms with Crippen molar-refractivity contribution in [2.75, 3.05) is 0 Å². The van der Waals surface area contributed by atoms with E-state index in [9.17, 15) is 0 Å². The Morgan fingerprint density at radius 2 is 0.648 bits per heavy atom. The first-order valence-electron chi connectivity index (χ1n) is 41.7. The van der Waals surface area contributed by atoms with Gasteiger partial charge in [-0.15, -0.1) is 102 Å². The van der Waals surface area contributed by atoms with E-state index in [-0.39, 0.29) is 262 Å². The molecule has 0 saturated carbocycles. The Balaban J connectivity index is 0.000000164. The van der Waals surface area contributed by atoms with Crippen molar-refractivity contribution in [3.63, 3.8) is 0 Å². The SMILES string of the molecule is [CH-]=Cc1[c-]c2c(cc1)-c1ccccc1C2.[CH-]=Cc1[c-]cc2c(c1)-c1ccccc1C2.[CH-]=Cc1[c-]ccc2c1Cc1ccccc1-2.[CH2-]Cc1[c-]c2c(cc1)Cc1ccccc1-2.[CH2-]Cc1[c-]cc2c(c1)-c1ccccc1C2.[CH2-]Cc1[c-]cc2c(c1)Cc1ccccc1-2.[CH2-]Cc1[c-]ccc2c1-c1ccccc1C2.[CH2-]Cc1[c-]ccc2c1Cc1ccccc1-2.[Y].[Y].[Y].[Y].[Y].[Y].[Y].[Y]. The molecular weight excluding hydrogens is 2150 g/mol. The summed E-state index contributed by atoms with van der Waals surface area (Å²) in [5.74, 6) is 0. The van der Waals surface area contributed by atoms with Crippen LogP contribution < -0.4 is 0 Å². The van der Waals surface area contributed by atoms with Crippen LogP contribution in [0.1, 0.15) is 134 Å². The Bertz CT molecular complexity index is 6440.